The number of rotatable bonds is 7. The zero-order valence-corrected chi connectivity index (χ0v) is 12.3. The molecule has 108 valence electrons. The lowest BCUT2D eigenvalue weighted by Gasteiger charge is -2.10. The zero-order chi connectivity index (χ0) is 14.6. The van der Waals surface area contributed by atoms with Gasteiger partial charge in [0.05, 0.1) is 4.92 Å². The van der Waals surface area contributed by atoms with Crippen molar-refractivity contribution < 1.29 is 4.92 Å². The van der Waals surface area contributed by atoms with E-state index in [1.807, 2.05) is 27.9 Å². The van der Waals surface area contributed by atoms with Crippen molar-refractivity contribution in [3.05, 3.63) is 15.8 Å². The molecule has 1 N–H and O–H groups in total. The molecule has 1 rings (SSSR count). The lowest BCUT2D eigenvalue weighted by atomic mass is 10.1. The number of anilines is 1. The van der Waals surface area contributed by atoms with E-state index < -0.39 is 0 Å². The Morgan fingerprint density at radius 2 is 2.11 bits per heavy atom. The molecule has 0 aliphatic heterocycles. The predicted octanol–water partition coefficient (Wildman–Crippen LogP) is 1.82. The molecule has 0 bridgehead atoms. The minimum Gasteiger partial charge on any atom is -0.364 e. The van der Waals surface area contributed by atoms with Crippen LogP contribution in [0.4, 0.5) is 11.5 Å². The van der Waals surface area contributed by atoms with Crippen LogP contribution in [-0.2, 0) is 7.05 Å². The summed E-state index contributed by atoms with van der Waals surface area (Å²) in [6, 6.07) is 0. The van der Waals surface area contributed by atoms with Crippen molar-refractivity contribution >= 4 is 11.5 Å². The summed E-state index contributed by atoms with van der Waals surface area (Å²) in [6.07, 6.45) is 0.923. The van der Waals surface area contributed by atoms with Crippen LogP contribution in [0.3, 0.4) is 0 Å². The topological polar surface area (TPSA) is 76.2 Å². The van der Waals surface area contributed by atoms with E-state index >= 15 is 0 Å². The van der Waals surface area contributed by atoms with Crippen LogP contribution in [0.5, 0.6) is 0 Å². The number of aromatic nitrogens is 2. The van der Waals surface area contributed by atoms with E-state index in [1.165, 1.54) is 0 Å². The first-order chi connectivity index (χ1) is 8.84. The fourth-order valence-electron chi connectivity index (χ4n) is 1.90. The van der Waals surface area contributed by atoms with Crippen LogP contribution in [-0.4, -0.2) is 46.8 Å². The molecule has 0 saturated carbocycles. The fraction of sp³-hybridized carbons (Fsp3) is 0.750. The molecule has 19 heavy (non-hydrogen) atoms. The van der Waals surface area contributed by atoms with Crippen LogP contribution < -0.4 is 5.32 Å². The molecule has 0 fully saturated rings. The number of hydrogen-bond acceptors (Lipinski definition) is 5. The van der Waals surface area contributed by atoms with Gasteiger partial charge >= 0.3 is 5.69 Å². The van der Waals surface area contributed by atoms with Gasteiger partial charge in [-0.2, -0.15) is 5.10 Å². The molecule has 0 aromatic carbocycles. The minimum atomic E-state index is -0.351. The highest BCUT2D eigenvalue weighted by Gasteiger charge is 2.28. The fourth-order valence-corrected chi connectivity index (χ4v) is 1.90. The standard InChI is InChI=1S/C12H23N5O2/c1-9(2)10-11(17(18)19)12(16(5)14-10)13-7-6-8-15(3)4/h9,13H,6-8H2,1-5H3. The second kappa shape index (κ2) is 6.51. The van der Waals surface area contributed by atoms with E-state index in [9.17, 15) is 10.1 Å². The van der Waals surface area contributed by atoms with E-state index in [4.69, 9.17) is 0 Å². The van der Waals surface area contributed by atoms with E-state index in [0.29, 0.717) is 18.1 Å². The maximum atomic E-state index is 11.2. The molecule has 7 heteroatoms. The Labute approximate surface area is 113 Å². The van der Waals surface area contributed by atoms with Crippen molar-refractivity contribution in [2.45, 2.75) is 26.2 Å². The van der Waals surface area contributed by atoms with Crippen LogP contribution in [0.15, 0.2) is 0 Å². The lowest BCUT2D eigenvalue weighted by Crippen LogP contribution is -2.17. The Morgan fingerprint density at radius 1 is 1.47 bits per heavy atom. The van der Waals surface area contributed by atoms with Gasteiger partial charge < -0.3 is 10.2 Å². The summed E-state index contributed by atoms with van der Waals surface area (Å²) in [5.41, 5.74) is 0.630. The van der Waals surface area contributed by atoms with Crippen LogP contribution in [0.2, 0.25) is 0 Å². The van der Waals surface area contributed by atoms with Gasteiger partial charge in [0.1, 0.15) is 5.69 Å². The maximum Gasteiger partial charge on any atom is 0.334 e. The molecular formula is C12H23N5O2. The number of nitrogens with one attached hydrogen (secondary N) is 1. The first kappa shape index (κ1) is 15.4. The number of hydrogen-bond donors (Lipinski definition) is 1. The van der Waals surface area contributed by atoms with Crippen molar-refractivity contribution in [3.8, 4) is 0 Å². The molecule has 1 heterocycles. The van der Waals surface area contributed by atoms with Gasteiger partial charge in [-0.05, 0) is 27.1 Å². The van der Waals surface area contributed by atoms with E-state index in [0.717, 1.165) is 13.0 Å². The Balaban J connectivity index is 2.84. The molecule has 1 aromatic rings. The Morgan fingerprint density at radius 3 is 2.58 bits per heavy atom. The third kappa shape index (κ3) is 3.92. The van der Waals surface area contributed by atoms with Gasteiger partial charge in [0.2, 0.25) is 5.82 Å². The average molecular weight is 269 g/mol. The summed E-state index contributed by atoms with van der Waals surface area (Å²) in [5, 5.41) is 18.6. The minimum absolute atomic E-state index is 0.0314. The monoisotopic (exact) mass is 269 g/mol. The normalized spacial score (nSPS) is 11.3. The average Bonchev–Trinajstić information content (AvgIpc) is 2.62. The van der Waals surface area contributed by atoms with Gasteiger partial charge in [-0.3, -0.25) is 10.1 Å². The lowest BCUT2D eigenvalue weighted by molar-refractivity contribution is -0.384. The SMILES string of the molecule is CC(C)c1nn(C)c(NCCCN(C)C)c1[N+](=O)[O-]. The molecule has 0 unspecified atom stereocenters. The first-order valence-corrected chi connectivity index (χ1v) is 6.44. The number of aryl methyl sites for hydroxylation is 1. The molecule has 0 amide bonds. The predicted molar refractivity (Wildman–Crippen MR) is 75.6 cm³/mol. The highest BCUT2D eigenvalue weighted by Crippen LogP contribution is 2.32. The molecule has 0 radical (unpaired) electrons. The molecule has 0 aliphatic rings. The molecule has 0 aliphatic carbocycles. The summed E-state index contributed by atoms with van der Waals surface area (Å²) in [7, 11) is 5.74. The Kier molecular flexibility index (Phi) is 5.29. The van der Waals surface area contributed by atoms with Crippen molar-refractivity contribution in [2.24, 2.45) is 7.05 Å². The molecule has 0 saturated heterocycles. The number of nitrogens with zero attached hydrogens (tertiary/aromatic N) is 4. The second-order valence-corrected chi connectivity index (χ2v) is 5.20. The summed E-state index contributed by atoms with van der Waals surface area (Å²) in [6.45, 7) is 5.45. The highest BCUT2D eigenvalue weighted by molar-refractivity contribution is 5.60. The smallest absolute Gasteiger partial charge is 0.334 e. The van der Waals surface area contributed by atoms with Crippen molar-refractivity contribution in [1.29, 1.82) is 0 Å². The Bertz CT molecular complexity index is 440. The second-order valence-electron chi connectivity index (χ2n) is 5.20. The van der Waals surface area contributed by atoms with Gasteiger partial charge in [0.15, 0.2) is 0 Å². The quantitative estimate of drug-likeness (QED) is 0.464. The van der Waals surface area contributed by atoms with E-state index in [-0.39, 0.29) is 16.5 Å². The largest absolute Gasteiger partial charge is 0.364 e. The van der Waals surface area contributed by atoms with Crippen LogP contribution in [0.25, 0.3) is 0 Å². The van der Waals surface area contributed by atoms with Gasteiger partial charge in [-0.1, -0.05) is 13.8 Å². The third-order valence-electron chi connectivity index (χ3n) is 2.85. The molecule has 0 atom stereocenters. The summed E-state index contributed by atoms with van der Waals surface area (Å²) in [4.78, 5) is 12.9. The highest BCUT2D eigenvalue weighted by atomic mass is 16.6. The van der Waals surface area contributed by atoms with E-state index in [1.54, 1.807) is 11.7 Å². The van der Waals surface area contributed by atoms with E-state index in [2.05, 4.69) is 15.3 Å². The van der Waals surface area contributed by atoms with Crippen molar-refractivity contribution in [2.75, 3.05) is 32.5 Å². The van der Waals surface area contributed by atoms with Gasteiger partial charge in [0, 0.05) is 19.5 Å². The maximum absolute atomic E-state index is 11.2. The zero-order valence-electron chi connectivity index (χ0n) is 12.3. The molecule has 0 spiro atoms. The first-order valence-electron chi connectivity index (χ1n) is 6.44. The molecule has 7 nitrogen and oxygen atoms in total. The molecule has 1 aromatic heterocycles. The van der Waals surface area contributed by atoms with Gasteiger partial charge in [-0.15, -0.1) is 0 Å². The third-order valence-corrected chi connectivity index (χ3v) is 2.85. The molecular weight excluding hydrogens is 246 g/mol. The summed E-state index contributed by atoms with van der Waals surface area (Å²) >= 11 is 0. The van der Waals surface area contributed by atoms with Crippen molar-refractivity contribution in [3.63, 3.8) is 0 Å². The summed E-state index contributed by atoms with van der Waals surface area (Å²) in [5.74, 6) is 0.524. The van der Waals surface area contributed by atoms with Crippen LogP contribution in [0, 0.1) is 10.1 Å². The van der Waals surface area contributed by atoms with Crippen LogP contribution in [0.1, 0.15) is 31.9 Å². The van der Waals surface area contributed by atoms with Crippen molar-refractivity contribution in [1.82, 2.24) is 14.7 Å². The summed E-state index contributed by atoms with van der Waals surface area (Å²) < 4.78 is 1.56. The Hall–Kier alpha value is -1.63. The van der Waals surface area contributed by atoms with Crippen LogP contribution >= 0.6 is 0 Å². The van der Waals surface area contributed by atoms with Gasteiger partial charge in [-0.25, -0.2) is 4.68 Å². The van der Waals surface area contributed by atoms with Gasteiger partial charge in [0.25, 0.3) is 0 Å². The number of nitro groups is 1.